The molecule has 0 aromatic rings. The molecule has 0 aliphatic heterocycles. The lowest BCUT2D eigenvalue weighted by Gasteiger charge is -2.50. The van der Waals surface area contributed by atoms with Crippen molar-refractivity contribution in [2.45, 2.75) is 76.0 Å². The zero-order chi connectivity index (χ0) is 14.8. The Morgan fingerprint density at radius 3 is 2.30 bits per heavy atom. The molecule has 0 saturated heterocycles. The minimum Gasteiger partial charge on any atom is -0.329 e. The molecule has 0 radical (unpaired) electrons. The van der Waals surface area contributed by atoms with E-state index in [9.17, 15) is 13.2 Å². The third kappa shape index (κ3) is 3.14. The van der Waals surface area contributed by atoms with Crippen LogP contribution in [0.1, 0.15) is 58.3 Å². The molecule has 0 aromatic heterocycles. The van der Waals surface area contributed by atoms with Crippen molar-refractivity contribution in [3.05, 3.63) is 0 Å². The maximum atomic E-state index is 13.1. The summed E-state index contributed by atoms with van der Waals surface area (Å²) in [7, 11) is 0. The second-order valence-electron chi connectivity index (χ2n) is 6.49. The van der Waals surface area contributed by atoms with Gasteiger partial charge in [-0.25, -0.2) is 0 Å². The third-order valence-corrected chi connectivity index (χ3v) is 5.38. The normalized spacial score (nSPS) is 33.0. The number of nitrogens with two attached hydrogens (primary N) is 1. The molecule has 0 bridgehead atoms. The monoisotopic (exact) mass is 292 g/mol. The van der Waals surface area contributed by atoms with E-state index in [0.29, 0.717) is 19.0 Å². The number of hydrogen-bond donors (Lipinski definition) is 1. The van der Waals surface area contributed by atoms with Gasteiger partial charge in [0.25, 0.3) is 0 Å². The maximum Gasteiger partial charge on any atom is 0.391 e. The fourth-order valence-corrected chi connectivity index (χ4v) is 4.38. The summed E-state index contributed by atoms with van der Waals surface area (Å²) < 4.78 is 39.3. The first-order valence-corrected chi connectivity index (χ1v) is 7.96. The number of nitrogens with zero attached hydrogens (tertiary/aromatic N) is 1. The van der Waals surface area contributed by atoms with Crippen molar-refractivity contribution in [3.8, 4) is 0 Å². The van der Waals surface area contributed by atoms with Crippen LogP contribution in [0.2, 0.25) is 0 Å². The van der Waals surface area contributed by atoms with Gasteiger partial charge in [-0.15, -0.1) is 0 Å². The first-order valence-electron chi connectivity index (χ1n) is 7.96. The number of halogens is 3. The van der Waals surface area contributed by atoms with Crippen molar-refractivity contribution >= 4 is 0 Å². The van der Waals surface area contributed by atoms with Gasteiger partial charge in [0, 0.05) is 18.1 Å². The van der Waals surface area contributed by atoms with Gasteiger partial charge >= 0.3 is 6.18 Å². The first-order chi connectivity index (χ1) is 9.43. The molecule has 2 fully saturated rings. The van der Waals surface area contributed by atoms with Crippen LogP contribution in [-0.2, 0) is 0 Å². The summed E-state index contributed by atoms with van der Waals surface area (Å²) in [5.74, 6) is -1.17. The number of rotatable bonds is 4. The van der Waals surface area contributed by atoms with E-state index >= 15 is 0 Å². The zero-order valence-corrected chi connectivity index (χ0v) is 12.4. The number of alkyl halides is 3. The van der Waals surface area contributed by atoms with E-state index in [1.54, 1.807) is 0 Å². The molecule has 0 spiro atoms. The Labute approximate surface area is 119 Å². The molecular weight excluding hydrogens is 265 g/mol. The predicted molar refractivity (Wildman–Crippen MR) is 74.4 cm³/mol. The molecule has 2 rings (SSSR count). The molecule has 2 nitrogen and oxygen atoms in total. The van der Waals surface area contributed by atoms with Gasteiger partial charge in [-0.2, -0.15) is 13.2 Å². The van der Waals surface area contributed by atoms with Gasteiger partial charge < -0.3 is 5.73 Å². The SMILES string of the molecule is CCN(C1CCCC1)C1(CN)CCCC(C(F)(F)F)C1. The average molecular weight is 292 g/mol. The summed E-state index contributed by atoms with van der Waals surface area (Å²) in [6.45, 7) is 3.23. The highest BCUT2D eigenvalue weighted by atomic mass is 19.4. The highest BCUT2D eigenvalue weighted by molar-refractivity contribution is 5.00. The van der Waals surface area contributed by atoms with Gasteiger partial charge in [-0.05, 0) is 38.6 Å². The Hall–Kier alpha value is -0.290. The summed E-state index contributed by atoms with van der Waals surface area (Å²) >= 11 is 0. The van der Waals surface area contributed by atoms with Crippen molar-refractivity contribution in [1.82, 2.24) is 4.90 Å². The first kappa shape index (κ1) is 16.1. The van der Waals surface area contributed by atoms with Crippen LogP contribution in [-0.4, -0.2) is 35.7 Å². The fourth-order valence-electron chi connectivity index (χ4n) is 4.38. The summed E-state index contributed by atoms with van der Waals surface area (Å²) in [5.41, 5.74) is 5.55. The van der Waals surface area contributed by atoms with Crippen LogP contribution in [0.25, 0.3) is 0 Å². The van der Waals surface area contributed by atoms with E-state index in [1.165, 1.54) is 12.8 Å². The molecule has 2 aliphatic carbocycles. The Balaban J connectivity index is 2.17. The lowest BCUT2D eigenvalue weighted by molar-refractivity contribution is -0.195. The lowest BCUT2D eigenvalue weighted by Crippen LogP contribution is -2.60. The standard InChI is InChI=1S/C15H27F3N2/c1-2-20(13-7-3-4-8-13)14(11-19)9-5-6-12(10-14)15(16,17)18/h12-13H,2-11,19H2,1H3. The van der Waals surface area contributed by atoms with Gasteiger partial charge in [0.15, 0.2) is 0 Å². The topological polar surface area (TPSA) is 29.3 Å². The smallest absolute Gasteiger partial charge is 0.329 e. The molecule has 0 aromatic carbocycles. The van der Waals surface area contributed by atoms with E-state index in [1.807, 2.05) is 0 Å². The number of likely N-dealkylation sites (N-methyl/N-ethyl adjacent to an activating group) is 1. The molecule has 2 atom stereocenters. The van der Waals surface area contributed by atoms with Crippen LogP contribution in [0, 0.1) is 5.92 Å². The molecule has 2 unspecified atom stereocenters. The van der Waals surface area contributed by atoms with Gasteiger partial charge in [0.05, 0.1) is 5.92 Å². The molecule has 118 valence electrons. The lowest BCUT2D eigenvalue weighted by atomic mass is 9.73. The van der Waals surface area contributed by atoms with E-state index in [4.69, 9.17) is 5.73 Å². The minimum atomic E-state index is -4.07. The van der Waals surface area contributed by atoms with Crippen LogP contribution in [0.4, 0.5) is 13.2 Å². The van der Waals surface area contributed by atoms with Crippen molar-refractivity contribution in [1.29, 1.82) is 0 Å². The Morgan fingerprint density at radius 1 is 1.15 bits per heavy atom. The van der Waals surface area contributed by atoms with Crippen molar-refractivity contribution in [2.24, 2.45) is 11.7 Å². The van der Waals surface area contributed by atoms with Crippen LogP contribution in [0.3, 0.4) is 0 Å². The second kappa shape index (κ2) is 6.22. The van der Waals surface area contributed by atoms with E-state index in [0.717, 1.165) is 25.8 Å². The summed E-state index contributed by atoms with van der Waals surface area (Å²) in [6, 6.07) is 0.440. The van der Waals surface area contributed by atoms with E-state index in [2.05, 4.69) is 11.8 Å². The van der Waals surface area contributed by atoms with Gasteiger partial charge in [-0.3, -0.25) is 4.90 Å². The van der Waals surface area contributed by atoms with Crippen LogP contribution in [0.15, 0.2) is 0 Å². The quantitative estimate of drug-likeness (QED) is 0.856. The number of hydrogen-bond acceptors (Lipinski definition) is 2. The van der Waals surface area contributed by atoms with Crippen molar-refractivity contribution < 1.29 is 13.2 Å². The summed E-state index contributed by atoms with van der Waals surface area (Å²) in [6.07, 6.45) is 2.49. The predicted octanol–water partition coefficient (Wildman–Crippen LogP) is 3.70. The molecule has 0 amide bonds. The fraction of sp³-hybridized carbons (Fsp3) is 1.00. The molecule has 5 heteroatoms. The van der Waals surface area contributed by atoms with Crippen LogP contribution in [0.5, 0.6) is 0 Å². The maximum absolute atomic E-state index is 13.1. The Kier molecular flexibility index (Phi) is 5.00. The Morgan fingerprint density at radius 2 is 1.80 bits per heavy atom. The molecule has 0 heterocycles. The molecule has 2 aliphatic rings. The van der Waals surface area contributed by atoms with E-state index in [-0.39, 0.29) is 12.8 Å². The highest BCUT2D eigenvalue weighted by Crippen LogP contribution is 2.45. The van der Waals surface area contributed by atoms with Crippen LogP contribution >= 0.6 is 0 Å². The molecular formula is C15H27F3N2. The minimum absolute atomic E-state index is 0.192. The van der Waals surface area contributed by atoms with Gasteiger partial charge in [0.1, 0.15) is 0 Å². The van der Waals surface area contributed by atoms with Gasteiger partial charge in [0.2, 0.25) is 0 Å². The zero-order valence-electron chi connectivity index (χ0n) is 12.4. The molecule has 20 heavy (non-hydrogen) atoms. The summed E-state index contributed by atoms with van der Waals surface area (Å²) in [5, 5.41) is 0. The van der Waals surface area contributed by atoms with E-state index < -0.39 is 17.6 Å². The van der Waals surface area contributed by atoms with Gasteiger partial charge in [-0.1, -0.05) is 26.2 Å². The molecule has 2 saturated carbocycles. The summed E-state index contributed by atoms with van der Waals surface area (Å²) in [4.78, 5) is 2.32. The highest BCUT2D eigenvalue weighted by Gasteiger charge is 2.50. The van der Waals surface area contributed by atoms with Crippen molar-refractivity contribution in [2.75, 3.05) is 13.1 Å². The second-order valence-corrected chi connectivity index (χ2v) is 6.49. The Bertz CT molecular complexity index is 313. The average Bonchev–Trinajstić information content (AvgIpc) is 2.92. The largest absolute Gasteiger partial charge is 0.391 e. The van der Waals surface area contributed by atoms with Crippen molar-refractivity contribution in [3.63, 3.8) is 0 Å². The van der Waals surface area contributed by atoms with Crippen LogP contribution < -0.4 is 5.73 Å². The molecule has 2 N–H and O–H groups in total. The third-order valence-electron chi connectivity index (χ3n) is 5.38.